The fourth-order valence-electron chi connectivity index (χ4n) is 4.13. The predicted molar refractivity (Wildman–Crippen MR) is 130 cm³/mol. The number of nitrogens with one attached hydrogen (secondary N) is 2. The SMILES string of the molecule is [C-]#[N+]c1cnc2[nH]cc(C(=O)c3ccc(Oc4ccccc4F)nc3)c2c1N[C@@H]1CC[C@@H](CO)OC1. The van der Waals surface area contributed by atoms with Crippen LogP contribution in [0, 0.1) is 12.4 Å². The van der Waals surface area contributed by atoms with E-state index in [0.29, 0.717) is 40.9 Å². The van der Waals surface area contributed by atoms with Crippen LogP contribution in [0.1, 0.15) is 28.8 Å². The monoisotopic (exact) mass is 487 g/mol. The van der Waals surface area contributed by atoms with Crippen LogP contribution in [0.25, 0.3) is 15.9 Å². The molecule has 0 bridgehead atoms. The van der Waals surface area contributed by atoms with Crippen molar-refractivity contribution in [3.8, 4) is 11.6 Å². The van der Waals surface area contributed by atoms with E-state index in [9.17, 15) is 14.3 Å². The van der Waals surface area contributed by atoms with Crippen LogP contribution in [0.5, 0.6) is 11.6 Å². The van der Waals surface area contributed by atoms with Crippen molar-refractivity contribution in [2.45, 2.75) is 25.0 Å². The number of carbonyl (C=O) groups is 1. The molecule has 3 N–H and O–H groups in total. The summed E-state index contributed by atoms with van der Waals surface area (Å²) in [6.45, 7) is 7.93. The molecule has 0 saturated carbocycles. The Balaban J connectivity index is 1.43. The van der Waals surface area contributed by atoms with Crippen molar-refractivity contribution in [3.05, 3.63) is 83.4 Å². The van der Waals surface area contributed by atoms with Crippen LogP contribution >= 0.6 is 0 Å². The number of rotatable bonds is 7. The molecule has 1 saturated heterocycles. The lowest BCUT2D eigenvalue weighted by Crippen LogP contribution is -2.36. The third-order valence-corrected chi connectivity index (χ3v) is 6.02. The molecule has 9 nitrogen and oxygen atoms in total. The van der Waals surface area contributed by atoms with Gasteiger partial charge in [0, 0.05) is 41.6 Å². The minimum absolute atomic E-state index is 0.0335. The van der Waals surface area contributed by atoms with Gasteiger partial charge in [0.2, 0.25) is 11.6 Å². The fraction of sp³-hybridized carbons (Fsp3) is 0.231. The number of benzene rings is 1. The molecule has 4 heterocycles. The Morgan fingerprint density at radius 2 is 2.11 bits per heavy atom. The number of fused-ring (bicyclic) bond motifs is 1. The molecule has 1 aromatic carbocycles. The number of ether oxygens (including phenoxy) is 2. The van der Waals surface area contributed by atoms with Crippen molar-refractivity contribution < 1.29 is 23.8 Å². The minimum Gasteiger partial charge on any atom is -0.436 e. The number of para-hydroxylation sites is 1. The molecule has 4 aromatic rings. The summed E-state index contributed by atoms with van der Waals surface area (Å²) in [4.78, 5) is 28.5. The number of aromatic nitrogens is 3. The van der Waals surface area contributed by atoms with E-state index >= 15 is 0 Å². The summed E-state index contributed by atoms with van der Waals surface area (Å²) < 4.78 is 25.0. The first-order valence-corrected chi connectivity index (χ1v) is 11.4. The molecule has 10 heteroatoms. The van der Waals surface area contributed by atoms with Gasteiger partial charge in [-0.1, -0.05) is 12.1 Å². The molecule has 0 amide bonds. The van der Waals surface area contributed by atoms with Crippen LogP contribution in [0.3, 0.4) is 0 Å². The van der Waals surface area contributed by atoms with Crippen LogP contribution in [0.4, 0.5) is 15.8 Å². The van der Waals surface area contributed by atoms with Gasteiger partial charge in [-0.05, 0) is 31.0 Å². The number of carbonyl (C=O) groups excluding carboxylic acids is 1. The second kappa shape index (κ2) is 10.1. The van der Waals surface area contributed by atoms with Gasteiger partial charge in [-0.2, -0.15) is 0 Å². The van der Waals surface area contributed by atoms with Gasteiger partial charge >= 0.3 is 0 Å². The van der Waals surface area contributed by atoms with E-state index in [4.69, 9.17) is 16.0 Å². The molecule has 36 heavy (non-hydrogen) atoms. The van der Waals surface area contributed by atoms with Crippen molar-refractivity contribution in [1.29, 1.82) is 0 Å². The van der Waals surface area contributed by atoms with Gasteiger partial charge in [0.15, 0.2) is 17.3 Å². The Morgan fingerprint density at radius 1 is 1.25 bits per heavy atom. The Morgan fingerprint density at radius 3 is 2.81 bits per heavy atom. The maximum atomic E-state index is 13.9. The van der Waals surface area contributed by atoms with Crippen molar-refractivity contribution >= 4 is 28.2 Å². The highest BCUT2D eigenvalue weighted by atomic mass is 19.1. The third kappa shape index (κ3) is 4.62. The maximum Gasteiger partial charge on any atom is 0.228 e. The number of anilines is 1. The number of aromatic amines is 1. The number of nitrogens with zero attached hydrogens (tertiary/aromatic N) is 3. The average molecular weight is 487 g/mol. The molecule has 1 aliphatic heterocycles. The van der Waals surface area contributed by atoms with Crippen molar-refractivity contribution in [1.82, 2.24) is 15.0 Å². The highest BCUT2D eigenvalue weighted by molar-refractivity contribution is 6.19. The second-order valence-electron chi connectivity index (χ2n) is 8.36. The number of hydrogen-bond donors (Lipinski definition) is 3. The number of H-pyrrole nitrogens is 1. The zero-order chi connectivity index (χ0) is 25.1. The van der Waals surface area contributed by atoms with Crippen LogP contribution in [-0.4, -0.2) is 51.2 Å². The van der Waals surface area contributed by atoms with Crippen LogP contribution < -0.4 is 10.1 Å². The van der Waals surface area contributed by atoms with Crippen LogP contribution in [0.15, 0.2) is 55.0 Å². The van der Waals surface area contributed by atoms with Gasteiger partial charge in [0.05, 0.1) is 37.1 Å². The van der Waals surface area contributed by atoms with Gasteiger partial charge in [0.25, 0.3) is 0 Å². The average Bonchev–Trinajstić information content (AvgIpc) is 3.35. The highest BCUT2D eigenvalue weighted by Gasteiger charge is 2.25. The van der Waals surface area contributed by atoms with Crippen molar-refractivity contribution in [2.24, 2.45) is 0 Å². The first-order valence-electron chi connectivity index (χ1n) is 11.4. The Bertz CT molecular complexity index is 1440. The predicted octanol–water partition coefficient (Wildman–Crippen LogP) is 4.62. The molecular weight excluding hydrogens is 465 g/mol. The molecule has 0 spiro atoms. The van der Waals surface area contributed by atoms with Crippen molar-refractivity contribution in [2.75, 3.05) is 18.5 Å². The van der Waals surface area contributed by atoms with Gasteiger partial charge in [-0.3, -0.25) is 4.79 Å². The molecule has 0 unspecified atom stereocenters. The molecule has 2 atom stereocenters. The van der Waals surface area contributed by atoms with E-state index in [-0.39, 0.29) is 41.9 Å². The van der Waals surface area contributed by atoms with Gasteiger partial charge < -0.3 is 24.9 Å². The Kier molecular flexibility index (Phi) is 6.58. The van der Waals surface area contributed by atoms with E-state index in [0.717, 1.165) is 6.42 Å². The Hall–Kier alpha value is -4.33. The highest BCUT2D eigenvalue weighted by Crippen LogP contribution is 2.36. The number of ketones is 1. The zero-order valence-corrected chi connectivity index (χ0v) is 19.1. The largest absolute Gasteiger partial charge is 0.436 e. The number of aliphatic hydroxyl groups is 1. The molecule has 1 fully saturated rings. The number of halogens is 1. The fourth-order valence-corrected chi connectivity index (χ4v) is 4.13. The summed E-state index contributed by atoms with van der Waals surface area (Å²) >= 11 is 0. The van der Waals surface area contributed by atoms with E-state index < -0.39 is 5.82 Å². The van der Waals surface area contributed by atoms with E-state index in [2.05, 4.69) is 25.1 Å². The number of pyridine rings is 2. The molecule has 0 aliphatic carbocycles. The molecule has 1 aliphatic rings. The summed E-state index contributed by atoms with van der Waals surface area (Å²) in [6, 6.07) is 8.93. The lowest BCUT2D eigenvalue weighted by molar-refractivity contribution is -0.0223. The Labute approximate surface area is 205 Å². The second-order valence-corrected chi connectivity index (χ2v) is 8.36. The zero-order valence-electron chi connectivity index (χ0n) is 19.1. The minimum atomic E-state index is -0.517. The first-order chi connectivity index (χ1) is 17.6. The van der Waals surface area contributed by atoms with Crippen LogP contribution in [0.2, 0.25) is 0 Å². The standard InChI is InChI=1S/C26H22FN5O4/c1-28-20-12-31-26-23(24(20)32-16-7-8-17(13-33)35-14-16)18(11-30-26)25(34)15-6-9-22(29-10-15)36-21-5-3-2-4-19(21)27/h2-6,9-12,16-17,33H,7-8,13-14H2,(H2,30,31,32)/t16-,17+/m1/s1. The van der Waals surface area contributed by atoms with E-state index in [1.165, 1.54) is 30.6 Å². The molecular formula is C26H22FN5O4. The van der Waals surface area contributed by atoms with E-state index in [1.807, 2.05) is 0 Å². The van der Waals surface area contributed by atoms with Gasteiger partial charge in [0.1, 0.15) is 5.65 Å². The quantitative estimate of drug-likeness (QED) is 0.257. The smallest absolute Gasteiger partial charge is 0.228 e. The summed E-state index contributed by atoms with van der Waals surface area (Å²) in [6.07, 6.45) is 5.61. The van der Waals surface area contributed by atoms with Gasteiger partial charge in [-0.15, -0.1) is 0 Å². The first kappa shape index (κ1) is 23.4. The lowest BCUT2D eigenvalue weighted by Gasteiger charge is -2.29. The number of hydrogen-bond acceptors (Lipinski definition) is 7. The van der Waals surface area contributed by atoms with Crippen molar-refractivity contribution in [3.63, 3.8) is 0 Å². The maximum absolute atomic E-state index is 13.9. The number of aliphatic hydroxyl groups excluding tert-OH is 1. The third-order valence-electron chi connectivity index (χ3n) is 6.02. The van der Waals surface area contributed by atoms with Crippen LogP contribution in [-0.2, 0) is 4.74 Å². The molecule has 3 aromatic heterocycles. The molecule has 182 valence electrons. The lowest BCUT2D eigenvalue weighted by atomic mass is 10.0. The molecule has 0 radical (unpaired) electrons. The summed E-state index contributed by atoms with van der Waals surface area (Å²) in [5.41, 5.74) is 1.88. The van der Waals surface area contributed by atoms with Gasteiger partial charge in [-0.25, -0.2) is 19.2 Å². The van der Waals surface area contributed by atoms with E-state index in [1.54, 1.807) is 24.4 Å². The topological polar surface area (TPSA) is 114 Å². The molecule has 5 rings (SSSR count). The summed E-state index contributed by atoms with van der Waals surface area (Å²) in [7, 11) is 0. The summed E-state index contributed by atoms with van der Waals surface area (Å²) in [5, 5.41) is 13.2. The summed E-state index contributed by atoms with van der Waals surface area (Å²) in [5.74, 6) is -0.658. The normalized spacial score (nSPS) is 17.5.